The summed E-state index contributed by atoms with van der Waals surface area (Å²) in [6, 6.07) is 0. The van der Waals surface area contributed by atoms with Crippen molar-refractivity contribution in [2.75, 3.05) is 19.7 Å². The van der Waals surface area contributed by atoms with E-state index in [9.17, 15) is 9.59 Å². The van der Waals surface area contributed by atoms with Crippen LogP contribution < -0.4 is 0 Å². The summed E-state index contributed by atoms with van der Waals surface area (Å²) in [5, 5.41) is 0. The smallest absolute Gasteiger partial charge is 0.305 e. The topological polar surface area (TPSA) is 46.6 Å². The van der Waals surface area contributed by atoms with Crippen molar-refractivity contribution in [3.05, 3.63) is 0 Å². The van der Waals surface area contributed by atoms with Crippen LogP contribution in [0.5, 0.6) is 0 Å². The molecule has 0 saturated carbocycles. The Hall–Kier alpha value is -1.06. The van der Waals surface area contributed by atoms with Gasteiger partial charge in [0, 0.05) is 25.9 Å². The van der Waals surface area contributed by atoms with Gasteiger partial charge in [0.05, 0.1) is 6.61 Å². The van der Waals surface area contributed by atoms with Crippen LogP contribution in [-0.4, -0.2) is 36.5 Å². The summed E-state index contributed by atoms with van der Waals surface area (Å²) in [6.45, 7) is 10.7. The first-order chi connectivity index (χ1) is 12.5. The van der Waals surface area contributed by atoms with E-state index >= 15 is 0 Å². The number of amides is 1. The highest BCUT2D eigenvalue weighted by Crippen LogP contribution is 2.10. The van der Waals surface area contributed by atoms with Crippen molar-refractivity contribution in [3.8, 4) is 0 Å². The first-order valence-corrected chi connectivity index (χ1v) is 10.9. The van der Waals surface area contributed by atoms with Crippen molar-refractivity contribution < 1.29 is 14.3 Å². The van der Waals surface area contributed by atoms with Gasteiger partial charge in [0.25, 0.3) is 0 Å². The van der Waals surface area contributed by atoms with Gasteiger partial charge < -0.3 is 9.64 Å². The number of carbonyl (C=O) groups excluding carboxylic acids is 2. The SMILES string of the molecule is CCCCCCN(CCCCCC)C(=O)CCCCC(=O)OCC(C)C. The van der Waals surface area contributed by atoms with Crippen LogP contribution in [0.1, 0.15) is 105 Å². The van der Waals surface area contributed by atoms with Crippen LogP contribution in [0, 0.1) is 5.92 Å². The molecule has 0 aromatic heterocycles. The highest BCUT2D eigenvalue weighted by Gasteiger charge is 2.13. The fourth-order valence-corrected chi connectivity index (χ4v) is 2.86. The van der Waals surface area contributed by atoms with Crippen molar-refractivity contribution in [2.24, 2.45) is 5.92 Å². The van der Waals surface area contributed by atoms with Gasteiger partial charge in [0.2, 0.25) is 5.91 Å². The lowest BCUT2D eigenvalue weighted by Gasteiger charge is -2.23. The molecule has 0 bridgehead atoms. The molecule has 0 rings (SSSR count). The maximum absolute atomic E-state index is 12.5. The predicted octanol–water partition coefficient (Wildman–Crippen LogP) is 5.74. The minimum atomic E-state index is -0.137. The molecule has 0 N–H and O–H groups in total. The minimum Gasteiger partial charge on any atom is -0.465 e. The van der Waals surface area contributed by atoms with Gasteiger partial charge >= 0.3 is 5.97 Å². The third kappa shape index (κ3) is 15.2. The number of hydrogen-bond acceptors (Lipinski definition) is 3. The van der Waals surface area contributed by atoms with Gasteiger partial charge in [-0.3, -0.25) is 9.59 Å². The average molecular weight is 370 g/mol. The minimum absolute atomic E-state index is 0.137. The zero-order chi connectivity index (χ0) is 19.6. The molecule has 0 unspecified atom stereocenters. The van der Waals surface area contributed by atoms with Crippen LogP contribution in [0.15, 0.2) is 0 Å². The number of carbonyl (C=O) groups is 2. The van der Waals surface area contributed by atoms with Gasteiger partial charge in [0.1, 0.15) is 0 Å². The van der Waals surface area contributed by atoms with E-state index in [1.165, 1.54) is 38.5 Å². The van der Waals surface area contributed by atoms with E-state index in [1.54, 1.807) is 0 Å². The number of esters is 1. The largest absolute Gasteiger partial charge is 0.465 e. The Balaban J connectivity index is 4.07. The number of ether oxygens (including phenoxy) is 1. The molecule has 0 aromatic carbocycles. The molecule has 0 radical (unpaired) electrons. The molecule has 0 aliphatic rings. The van der Waals surface area contributed by atoms with Gasteiger partial charge in [-0.2, -0.15) is 0 Å². The highest BCUT2D eigenvalue weighted by atomic mass is 16.5. The number of hydrogen-bond donors (Lipinski definition) is 0. The van der Waals surface area contributed by atoms with Gasteiger partial charge in [-0.05, 0) is 31.6 Å². The lowest BCUT2D eigenvalue weighted by atomic mass is 10.1. The molecule has 0 fully saturated rings. The second-order valence-corrected chi connectivity index (χ2v) is 7.79. The summed E-state index contributed by atoms with van der Waals surface area (Å²) in [7, 11) is 0. The second-order valence-electron chi connectivity index (χ2n) is 7.79. The van der Waals surface area contributed by atoms with Crippen LogP contribution in [0.2, 0.25) is 0 Å². The normalized spacial score (nSPS) is 11.0. The predicted molar refractivity (Wildman–Crippen MR) is 109 cm³/mol. The van der Waals surface area contributed by atoms with E-state index in [0.29, 0.717) is 25.4 Å². The molecule has 4 heteroatoms. The Morgan fingerprint density at radius 3 is 1.81 bits per heavy atom. The van der Waals surface area contributed by atoms with Crippen LogP contribution in [0.3, 0.4) is 0 Å². The van der Waals surface area contributed by atoms with Crippen LogP contribution in [0.25, 0.3) is 0 Å². The van der Waals surface area contributed by atoms with E-state index in [2.05, 4.69) is 18.7 Å². The summed E-state index contributed by atoms with van der Waals surface area (Å²) in [5.74, 6) is 0.491. The molecule has 154 valence electrons. The maximum atomic E-state index is 12.5. The molecule has 1 amide bonds. The van der Waals surface area contributed by atoms with Gasteiger partial charge in [-0.1, -0.05) is 66.2 Å². The van der Waals surface area contributed by atoms with E-state index in [-0.39, 0.29) is 11.9 Å². The fourth-order valence-electron chi connectivity index (χ4n) is 2.86. The summed E-state index contributed by atoms with van der Waals surface area (Å²) in [6.07, 6.45) is 12.0. The molecule has 4 nitrogen and oxygen atoms in total. The van der Waals surface area contributed by atoms with Gasteiger partial charge in [-0.25, -0.2) is 0 Å². The number of rotatable bonds is 17. The summed E-state index contributed by atoms with van der Waals surface area (Å²) < 4.78 is 5.18. The first kappa shape index (κ1) is 24.9. The molecule has 0 aliphatic heterocycles. The zero-order valence-corrected chi connectivity index (χ0v) is 17.9. The van der Waals surface area contributed by atoms with Crippen molar-refractivity contribution in [2.45, 2.75) is 105 Å². The van der Waals surface area contributed by atoms with E-state index in [4.69, 9.17) is 4.74 Å². The molecular formula is C22H43NO3. The van der Waals surface area contributed by atoms with Crippen molar-refractivity contribution in [3.63, 3.8) is 0 Å². The molecule has 0 aromatic rings. The molecule has 0 aliphatic carbocycles. The Kier molecular flexibility index (Phi) is 16.7. The molecule has 0 heterocycles. The number of unbranched alkanes of at least 4 members (excludes halogenated alkanes) is 7. The number of nitrogens with zero attached hydrogens (tertiary/aromatic N) is 1. The third-order valence-electron chi connectivity index (χ3n) is 4.52. The van der Waals surface area contributed by atoms with E-state index < -0.39 is 0 Å². The lowest BCUT2D eigenvalue weighted by molar-refractivity contribution is -0.145. The van der Waals surface area contributed by atoms with E-state index in [1.807, 2.05) is 13.8 Å². The first-order valence-electron chi connectivity index (χ1n) is 10.9. The Labute approximate surface area is 162 Å². The summed E-state index contributed by atoms with van der Waals surface area (Å²) >= 11 is 0. The highest BCUT2D eigenvalue weighted by molar-refractivity contribution is 5.76. The zero-order valence-electron chi connectivity index (χ0n) is 17.9. The van der Waals surface area contributed by atoms with Gasteiger partial charge in [-0.15, -0.1) is 0 Å². The van der Waals surface area contributed by atoms with E-state index in [0.717, 1.165) is 38.8 Å². The third-order valence-corrected chi connectivity index (χ3v) is 4.52. The van der Waals surface area contributed by atoms with Crippen LogP contribution >= 0.6 is 0 Å². The molecule has 0 spiro atoms. The van der Waals surface area contributed by atoms with Crippen molar-refractivity contribution in [1.82, 2.24) is 4.90 Å². The molecule has 0 atom stereocenters. The van der Waals surface area contributed by atoms with Crippen LogP contribution in [-0.2, 0) is 14.3 Å². The Morgan fingerprint density at radius 2 is 1.31 bits per heavy atom. The van der Waals surface area contributed by atoms with Crippen molar-refractivity contribution >= 4 is 11.9 Å². The quantitative estimate of drug-likeness (QED) is 0.243. The maximum Gasteiger partial charge on any atom is 0.305 e. The van der Waals surface area contributed by atoms with Crippen molar-refractivity contribution in [1.29, 1.82) is 0 Å². The Bertz CT molecular complexity index is 343. The van der Waals surface area contributed by atoms with Gasteiger partial charge in [0.15, 0.2) is 0 Å². The molecular weight excluding hydrogens is 326 g/mol. The summed E-state index contributed by atoms with van der Waals surface area (Å²) in [5.41, 5.74) is 0. The molecule has 0 saturated heterocycles. The standard InChI is InChI=1S/C22H43NO3/c1-5-7-9-13-17-23(18-14-10-8-6-2)21(24)15-11-12-16-22(25)26-19-20(3)4/h20H,5-19H2,1-4H3. The summed E-state index contributed by atoms with van der Waals surface area (Å²) in [4.78, 5) is 26.2. The second kappa shape index (κ2) is 17.4. The lowest BCUT2D eigenvalue weighted by Crippen LogP contribution is -2.32. The Morgan fingerprint density at radius 1 is 0.769 bits per heavy atom. The van der Waals surface area contributed by atoms with Crippen LogP contribution in [0.4, 0.5) is 0 Å². The monoisotopic (exact) mass is 369 g/mol. The fraction of sp³-hybridized carbons (Fsp3) is 0.909. The molecule has 26 heavy (non-hydrogen) atoms. The average Bonchev–Trinajstić information content (AvgIpc) is 2.62.